The monoisotopic (exact) mass is 239 g/mol. The van der Waals surface area contributed by atoms with Crippen molar-refractivity contribution in [3.05, 3.63) is 0 Å². The van der Waals surface area contributed by atoms with E-state index in [1.165, 1.54) is 12.8 Å². The lowest BCUT2D eigenvalue weighted by atomic mass is 10.2. The van der Waals surface area contributed by atoms with Gasteiger partial charge >= 0.3 is 0 Å². The lowest BCUT2D eigenvalue weighted by Crippen LogP contribution is -2.50. The molecule has 1 amide bonds. The minimum Gasteiger partial charge on any atom is -0.340 e. The largest absolute Gasteiger partial charge is 0.340 e. The number of likely N-dealkylation sites (tertiary alicyclic amines) is 2. The smallest absolute Gasteiger partial charge is 0.239 e. The molecule has 4 atom stereocenters. The molecule has 0 radical (unpaired) electrons. The number of hydrogen-bond acceptors (Lipinski definition) is 3. The molecule has 2 aliphatic rings. The molecule has 2 aliphatic heterocycles. The fraction of sp³-hybridized carbons (Fsp3) is 0.923. The third-order valence-electron chi connectivity index (χ3n) is 4.36. The molecule has 0 saturated carbocycles. The lowest BCUT2D eigenvalue weighted by molar-refractivity contribution is -0.136. The highest BCUT2D eigenvalue weighted by Crippen LogP contribution is 2.27. The van der Waals surface area contributed by atoms with Crippen LogP contribution >= 0.6 is 0 Å². The summed E-state index contributed by atoms with van der Waals surface area (Å²) in [5.74, 6) is 0.263. The molecule has 4 heteroatoms. The van der Waals surface area contributed by atoms with Crippen molar-refractivity contribution in [1.29, 1.82) is 0 Å². The molecule has 17 heavy (non-hydrogen) atoms. The summed E-state index contributed by atoms with van der Waals surface area (Å²) in [6, 6.07) is 1.24. The zero-order chi connectivity index (χ0) is 12.6. The van der Waals surface area contributed by atoms with Gasteiger partial charge in [-0.25, -0.2) is 0 Å². The van der Waals surface area contributed by atoms with Crippen LogP contribution in [0.15, 0.2) is 0 Å². The van der Waals surface area contributed by atoms with Gasteiger partial charge in [-0.05, 0) is 40.0 Å². The second kappa shape index (κ2) is 4.94. The minimum absolute atomic E-state index is 0.00722. The first-order valence-electron chi connectivity index (χ1n) is 6.82. The predicted molar refractivity (Wildman–Crippen MR) is 68.6 cm³/mol. The summed E-state index contributed by atoms with van der Waals surface area (Å²) in [7, 11) is 0. The van der Waals surface area contributed by atoms with Crippen molar-refractivity contribution in [2.45, 2.75) is 64.2 Å². The van der Waals surface area contributed by atoms with E-state index in [-0.39, 0.29) is 18.0 Å². The van der Waals surface area contributed by atoms with E-state index in [0.717, 1.165) is 19.5 Å². The molecule has 98 valence electrons. The third kappa shape index (κ3) is 2.47. The van der Waals surface area contributed by atoms with E-state index in [1.807, 2.05) is 11.8 Å². The number of amides is 1. The summed E-state index contributed by atoms with van der Waals surface area (Å²) in [5.41, 5.74) is 5.86. The van der Waals surface area contributed by atoms with Crippen LogP contribution in [0.25, 0.3) is 0 Å². The van der Waals surface area contributed by atoms with Gasteiger partial charge in [0.1, 0.15) is 0 Å². The Morgan fingerprint density at radius 1 is 1.24 bits per heavy atom. The number of nitrogens with two attached hydrogens (primary N) is 1. The normalized spacial score (nSPS) is 36.5. The molecule has 2 heterocycles. The fourth-order valence-corrected chi connectivity index (χ4v) is 3.36. The first-order chi connectivity index (χ1) is 8.00. The van der Waals surface area contributed by atoms with Crippen LogP contribution in [0, 0.1) is 0 Å². The molecule has 4 nitrogen and oxygen atoms in total. The minimum atomic E-state index is 0.00722. The quantitative estimate of drug-likeness (QED) is 0.775. The van der Waals surface area contributed by atoms with Gasteiger partial charge in [-0.15, -0.1) is 0 Å². The van der Waals surface area contributed by atoms with Gasteiger partial charge in [0.15, 0.2) is 0 Å². The SMILES string of the molecule is CC1CCC(C)N1C(C)C(=O)N1CC[C@H](N)C1. The average Bonchev–Trinajstić information content (AvgIpc) is 2.84. The number of carbonyl (C=O) groups is 1. The number of carbonyl (C=O) groups excluding carboxylic acids is 1. The summed E-state index contributed by atoms with van der Waals surface area (Å²) in [4.78, 5) is 16.7. The maximum absolute atomic E-state index is 12.4. The molecule has 0 aromatic rings. The van der Waals surface area contributed by atoms with E-state index in [9.17, 15) is 4.79 Å². The summed E-state index contributed by atoms with van der Waals surface area (Å²) >= 11 is 0. The van der Waals surface area contributed by atoms with Crippen LogP contribution in [0.1, 0.15) is 40.0 Å². The maximum Gasteiger partial charge on any atom is 0.239 e. The third-order valence-corrected chi connectivity index (χ3v) is 4.36. The Morgan fingerprint density at radius 2 is 1.82 bits per heavy atom. The zero-order valence-corrected chi connectivity index (χ0v) is 11.2. The Hall–Kier alpha value is -0.610. The molecular weight excluding hydrogens is 214 g/mol. The average molecular weight is 239 g/mol. The first kappa shape index (κ1) is 12.8. The summed E-state index contributed by atoms with van der Waals surface area (Å²) < 4.78 is 0. The van der Waals surface area contributed by atoms with Crippen LogP contribution in [0.4, 0.5) is 0 Å². The molecule has 0 aliphatic carbocycles. The lowest BCUT2D eigenvalue weighted by Gasteiger charge is -2.34. The van der Waals surface area contributed by atoms with Gasteiger partial charge < -0.3 is 10.6 Å². The molecule has 2 fully saturated rings. The van der Waals surface area contributed by atoms with E-state index in [0.29, 0.717) is 12.1 Å². The van der Waals surface area contributed by atoms with Gasteiger partial charge in [0.05, 0.1) is 6.04 Å². The van der Waals surface area contributed by atoms with Crippen molar-refractivity contribution < 1.29 is 4.79 Å². The molecule has 0 aromatic heterocycles. The summed E-state index contributed by atoms with van der Waals surface area (Å²) in [6.45, 7) is 8.07. The predicted octanol–water partition coefficient (Wildman–Crippen LogP) is 0.807. The van der Waals surface area contributed by atoms with Crippen LogP contribution in [0.3, 0.4) is 0 Å². The van der Waals surface area contributed by atoms with Crippen LogP contribution in [-0.4, -0.2) is 53.0 Å². The highest BCUT2D eigenvalue weighted by atomic mass is 16.2. The van der Waals surface area contributed by atoms with E-state index >= 15 is 0 Å². The molecule has 2 rings (SSSR count). The van der Waals surface area contributed by atoms with Crippen molar-refractivity contribution in [3.8, 4) is 0 Å². The summed E-state index contributed by atoms with van der Waals surface area (Å²) in [5, 5.41) is 0. The van der Waals surface area contributed by atoms with Crippen molar-refractivity contribution in [2.75, 3.05) is 13.1 Å². The molecule has 3 unspecified atom stereocenters. The maximum atomic E-state index is 12.4. The topological polar surface area (TPSA) is 49.6 Å². The Bertz CT molecular complexity index is 284. The van der Waals surface area contributed by atoms with Crippen molar-refractivity contribution >= 4 is 5.91 Å². The highest BCUT2D eigenvalue weighted by Gasteiger charge is 2.37. The van der Waals surface area contributed by atoms with Crippen LogP contribution in [0.2, 0.25) is 0 Å². The van der Waals surface area contributed by atoms with Crippen LogP contribution in [0.5, 0.6) is 0 Å². The second-order valence-corrected chi connectivity index (χ2v) is 5.73. The molecular formula is C13H25N3O. The van der Waals surface area contributed by atoms with E-state index < -0.39 is 0 Å². The van der Waals surface area contributed by atoms with Gasteiger partial charge in [0, 0.05) is 31.2 Å². The Morgan fingerprint density at radius 3 is 2.29 bits per heavy atom. The summed E-state index contributed by atoms with van der Waals surface area (Å²) in [6.07, 6.45) is 3.36. The van der Waals surface area contributed by atoms with Gasteiger partial charge in [0.25, 0.3) is 0 Å². The van der Waals surface area contributed by atoms with Crippen molar-refractivity contribution in [3.63, 3.8) is 0 Å². The van der Waals surface area contributed by atoms with Crippen molar-refractivity contribution in [2.24, 2.45) is 5.73 Å². The molecule has 0 spiro atoms. The van der Waals surface area contributed by atoms with Gasteiger partial charge in [-0.2, -0.15) is 0 Å². The molecule has 0 aromatic carbocycles. The van der Waals surface area contributed by atoms with Gasteiger partial charge in [0.2, 0.25) is 5.91 Å². The molecule has 2 N–H and O–H groups in total. The number of nitrogens with zero attached hydrogens (tertiary/aromatic N) is 2. The van der Waals surface area contributed by atoms with E-state index in [1.54, 1.807) is 0 Å². The van der Waals surface area contributed by atoms with E-state index in [2.05, 4.69) is 18.7 Å². The number of hydrogen-bond donors (Lipinski definition) is 1. The van der Waals surface area contributed by atoms with E-state index in [4.69, 9.17) is 5.73 Å². The van der Waals surface area contributed by atoms with Crippen LogP contribution in [-0.2, 0) is 4.79 Å². The molecule has 0 bridgehead atoms. The fourth-order valence-electron chi connectivity index (χ4n) is 3.36. The molecule has 2 saturated heterocycles. The van der Waals surface area contributed by atoms with Crippen LogP contribution < -0.4 is 5.73 Å². The Labute approximate surface area is 104 Å². The van der Waals surface area contributed by atoms with Crippen molar-refractivity contribution in [1.82, 2.24) is 9.80 Å². The number of rotatable bonds is 2. The second-order valence-electron chi connectivity index (χ2n) is 5.73. The Balaban J connectivity index is 1.99. The van der Waals surface area contributed by atoms with Gasteiger partial charge in [-0.3, -0.25) is 9.69 Å². The standard InChI is InChI=1S/C13H25N3O/c1-9-4-5-10(2)16(9)11(3)13(17)15-7-6-12(14)8-15/h9-12H,4-8,14H2,1-3H3/t9?,10?,11?,12-/m0/s1. The van der Waals surface area contributed by atoms with Gasteiger partial charge in [-0.1, -0.05) is 0 Å². The zero-order valence-electron chi connectivity index (χ0n) is 11.2. The first-order valence-corrected chi connectivity index (χ1v) is 6.82. The highest BCUT2D eigenvalue weighted by molar-refractivity contribution is 5.82. The Kier molecular flexibility index (Phi) is 3.73.